The average molecular weight is 319 g/mol. The van der Waals surface area contributed by atoms with E-state index in [0.717, 1.165) is 5.56 Å². The predicted molar refractivity (Wildman–Crippen MR) is 80.1 cm³/mol. The number of hydrogen-bond acceptors (Lipinski definition) is 6. The van der Waals surface area contributed by atoms with Crippen LogP contribution in [0, 0.1) is 12.3 Å². The first-order valence-electron chi connectivity index (χ1n) is 7.52. The molecule has 1 unspecified atom stereocenters. The van der Waals surface area contributed by atoms with E-state index < -0.39 is 0 Å². The van der Waals surface area contributed by atoms with E-state index in [1.54, 1.807) is 11.6 Å². The monoisotopic (exact) mass is 319 g/mol. The molecule has 1 amide bonds. The molecule has 23 heavy (non-hydrogen) atoms. The quantitative estimate of drug-likeness (QED) is 0.824. The Morgan fingerprint density at radius 2 is 2.30 bits per heavy atom. The molecule has 3 rings (SSSR count). The van der Waals surface area contributed by atoms with E-state index in [1.807, 2.05) is 24.3 Å². The van der Waals surface area contributed by atoms with Crippen LogP contribution in [-0.4, -0.2) is 43.9 Å². The summed E-state index contributed by atoms with van der Waals surface area (Å²) in [5, 5.41) is 7.88. The maximum atomic E-state index is 12.4. The van der Waals surface area contributed by atoms with Crippen molar-refractivity contribution in [2.24, 2.45) is 12.5 Å². The molecule has 3 heterocycles. The molecule has 0 N–H and O–H groups in total. The maximum absolute atomic E-state index is 12.4. The highest BCUT2D eigenvalue weighted by Gasteiger charge is 2.49. The molecule has 1 fully saturated rings. The molecule has 1 atom stereocenters. The van der Waals surface area contributed by atoms with Gasteiger partial charge in [-0.25, -0.2) is 0 Å². The van der Waals surface area contributed by atoms with Gasteiger partial charge in [-0.2, -0.15) is 10.1 Å². The lowest BCUT2D eigenvalue weighted by Gasteiger charge is -2.54. The van der Waals surface area contributed by atoms with E-state index in [1.165, 1.54) is 0 Å². The summed E-state index contributed by atoms with van der Waals surface area (Å²) in [6.45, 7) is 6.87. The fourth-order valence-electron chi connectivity index (χ4n) is 3.08. The number of likely N-dealkylation sites (tertiary alicyclic amines) is 1. The highest BCUT2D eigenvalue weighted by Crippen LogP contribution is 2.48. The molecule has 2 aromatic heterocycles. The van der Waals surface area contributed by atoms with Gasteiger partial charge in [0.25, 0.3) is 5.89 Å². The van der Waals surface area contributed by atoms with Crippen LogP contribution in [0.25, 0.3) is 0 Å². The number of carbonyl (C=O) groups excluding carboxylic acids is 1. The fraction of sp³-hybridized carbons (Fsp3) is 0.600. The van der Waals surface area contributed by atoms with Crippen LogP contribution in [0.4, 0.5) is 0 Å². The number of aromatic nitrogens is 4. The number of rotatable bonds is 5. The Morgan fingerprint density at radius 1 is 1.52 bits per heavy atom. The normalized spacial score (nSPS) is 19.7. The SMILES string of the molecule is Cc1noc(COCC(=O)N2CC(C)(C)C2c2cnn(C)c2)n1. The Bertz CT molecular complexity index is 706. The van der Waals surface area contributed by atoms with Gasteiger partial charge in [0.2, 0.25) is 5.91 Å². The largest absolute Gasteiger partial charge is 0.362 e. The van der Waals surface area contributed by atoms with Gasteiger partial charge >= 0.3 is 0 Å². The number of ether oxygens (including phenoxy) is 1. The van der Waals surface area contributed by atoms with Gasteiger partial charge in [0.15, 0.2) is 5.82 Å². The maximum Gasteiger partial charge on any atom is 0.252 e. The van der Waals surface area contributed by atoms with Gasteiger partial charge in [-0.05, 0) is 6.92 Å². The second-order valence-corrected chi connectivity index (χ2v) is 6.59. The van der Waals surface area contributed by atoms with Gasteiger partial charge in [-0.3, -0.25) is 9.48 Å². The second kappa shape index (κ2) is 5.77. The first-order chi connectivity index (χ1) is 10.9. The minimum absolute atomic E-state index is 0.00568. The molecule has 1 aliphatic rings. The number of aryl methyl sites for hydroxylation is 2. The van der Waals surface area contributed by atoms with E-state index >= 15 is 0 Å². The van der Waals surface area contributed by atoms with Crippen molar-refractivity contribution >= 4 is 5.91 Å². The van der Waals surface area contributed by atoms with E-state index in [0.29, 0.717) is 18.3 Å². The van der Waals surface area contributed by atoms with Gasteiger partial charge in [0, 0.05) is 30.8 Å². The summed E-state index contributed by atoms with van der Waals surface area (Å²) in [6, 6.07) is 0.0259. The molecule has 1 aliphatic heterocycles. The number of amides is 1. The first-order valence-corrected chi connectivity index (χ1v) is 7.52. The zero-order valence-electron chi connectivity index (χ0n) is 13.8. The van der Waals surface area contributed by atoms with Crippen LogP contribution in [0.1, 0.15) is 37.2 Å². The van der Waals surface area contributed by atoms with Gasteiger partial charge < -0.3 is 14.2 Å². The van der Waals surface area contributed by atoms with Crippen LogP contribution in [-0.2, 0) is 23.2 Å². The zero-order valence-corrected chi connectivity index (χ0v) is 13.8. The Morgan fingerprint density at radius 3 is 2.87 bits per heavy atom. The van der Waals surface area contributed by atoms with Gasteiger partial charge in [0.1, 0.15) is 13.2 Å². The Balaban J connectivity index is 1.58. The second-order valence-electron chi connectivity index (χ2n) is 6.59. The van der Waals surface area contributed by atoms with Crippen LogP contribution >= 0.6 is 0 Å². The van der Waals surface area contributed by atoms with Gasteiger partial charge in [-0.1, -0.05) is 19.0 Å². The molecule has 0 radical (unpaired) electrons. The van der Waals surface area contributed by atoms with Crippen molar-refractivity contribution in [1.82, 2.24) is 24.8 Å². The Labute approximate surface area is 134 Å². The standard InChI is InChI=1S/C15H21N5O3/c1-10-17-12(23-18-10)7-22-8-13(21)20-9-15(2,3)14(20)11-5-16-19(4)6-11/h5-6,14H,7-9H2,1-4H3. The molecule has 2 aromatic rings. The van der Waals surface area contributed by atoms with E-state index in [4.69, 9.17) is 9.26 Å². The summed E-state index contributed by atoms with van der Waals surface area (Å²) < 4.78 is 12.1. The highest BCUT2D eigenvalue weighted by molar-refractivity contribution is 5.79. The van der Waals surface area contributed by atoms with Crippen molar-refractivity contribution in [3.63, 3.8) is 0 Å². The minimum atomic E-state index is -0.0468. The van der Waals surface area contributed by atoms with Crippen molar-refractivity contribution in [2.75, 3.05) is 13.2 Å². The average Bonchev–Trinajstić information content (AvgIpc) is 3.05. The van der Waals surface area contributed by atoms with Gasteiger partial charge in [-0.15, -0.1) is 0 Å². The molecule has 0 aromatic carbocycles. The molecule has 0 bridgehead atoms. The van der Waals surface area contributed by atoms with Crippen molar-refractivity contribution in [3.8, 4) is 0 Å². The van der Waals surface area contributed by atoms with Gasteiger partial charge in [0.05, 0.1) is 12.2 Å². The zero-order chi connectivity index (χ0) is 16.6. The van der Waals surface area contributed by atoms with Crippen molar-refractivity contribution in [1.29, 1.82) is 0 Å². The molecule has 8 heteroatoms. The van der Waals surface area contributed by atoms with Crippen molar-refractivity contribution in [3.05, 3.63) is 29.7 Å². The minimum Gasteiger partial charge on any atom is -0.362 e. The molecule has 0 spiro atoms. The lowest BCUT2D eigenvalue weighted by Crippen LogP contribution is -2.58. The molecule has 0 saturated carbocycles. The summed E-state index contributed by atoms with van der Waals surface area (Å²) >= 11 is 0. The summed E-state index contributed by atoms with van der Waals surface area (Å²) in [7, 11) is 1.87. The van der Waals surface area contributed by atoms with E-state index in [9.17, 15) is 4.79 Å². The third-order valence-corrected chi connectivity index (χ3v) is 4.01. The highest BCUT2D eigenvalue weighted by atomic mass is 16.5. The first kappa shape index (κ1) is 15.7. The van der Waals surface area contributed by atoms with Crippen molar-refractivity contribution in [2.45, 2.75) is 33.4 Å². The third-order valence-electron chi connectivity index (χ3n) is 4.01. The number of hydrogen-bond donors (Lipinski definition) is 0. The summed E-state index contributed by atoms with van der Waals surface area (Å²) in [6.07, 6.45) is 3.77. The molecule has 8 nitrogen and oxygen atoms in total. The summed E-state index contributed by atoms with van der Waals surface area (Å²) in [5.74, 6) is 0.883. The third kappa shape index (κ3) is 3.12. The Hall–Kier alpha value is -2.22. The van der Waals surface area contributed by atoms with Crippen LogP contribution in [0.2, 0.25) is 0 Å². The Kier molecular flexibility index (Phi) is 3.93. The lowest BCUT2D eigenvalue weighted by molar-refractivity contribution is -0.157. The van der Waals surface area contributed by atoms with Crippen LogP contribution in [0.3, 0.4) is 0 Å². The number of carbonyl (C=O) groups is 1. The summed E-state index contributed by atoms with van der Waals surface area (Å²) in [5.41, 5.74) is 1.08. The van der Waals surface area contributed by atoms with E-state index in [-0.39, 0.29) is 30.6 Å². The van der Waals surface area contributed by atoms with E-state index in [2.05, 4.69) is 29.1 Å². The molecular formula is C15H21N5O3. The molecule has 1 saturated heterocycles. The van der Waals surface area contributed by atoms with Crippen LogP contribution in [0.5, 0.6) is 0 Å². The van der Waals surface area contributed by atoms with Crippen LogP contribution < -0.4 is 0 Å². The summed E-state index contributed by atoms with van der Waals surface area (Å²) in [4.78, 5) is 18.3. The molecular weight excluding hydrogens is 298 g/mol. The fourth-order valence-corrected chi connectivity index (χ4v) is 3.08. The molecule has 0 aliphatic carbocycles. The molecule has 124 valence electrons. The van der Waals surface area contributed by atoms with Crippen LogP contribution in [0.15, 0.2) is 16.9 Å². The lowest BCUT2D eigenvalue weighted by atomic mass is 9.72. The topological polar surface area (TPSA) is 86.3 Å². The number of nitrogens with zero attached hydrogens (tertiary/aromatic N) is 5. The van der Waals surface area contributed by atoms with Crippen molar-refractivity contribution < 1.29 is 14.1 Å². The predicted octanol–water partition coefficient (Wildman–Crippen LogP) is 1.24. The smallest absolute Gasteiger partial charge is 0.252 e.